The Morgan fingerprint density at radius 2 is 2.11 bits per heavy atom. The van der Waals surface area contributed by atoms with E-state index in [1.807, 2.05) is 0 Å². The molecule has 0 bridgehead atoms. The Morgan fingerprint density at radius 1 is 1.28 bits per heavy atom. The molecule has 1 aromatic heterocycles. The van der Waals surface area contributed by atoms with Crippen molar-refractivity contribution in [3.63, 3.8) is 0 Å². The molecule has 0 aliphatic carbocycles. The average Bonchev–Trinajstić information content (AvgIpc) is 2.36. The predicted octanol–water partition coefficient (Wildman–Crippen LogP) is 2.86. The third-order valence-corrected chi connectivity index (χ3v) is 3.14. The van der Waals surface area contributed by atoms with Crippen LogP contribution in [0.3, 0.4) is 0 Å². The molecule has 2 rings (SSSR count). The fraction of sp³-hybridized carbons (Fsp3) is 0.154. The summed E-state index contributed by atoms with van der Waals surface area (Å²) in [6.07, 6.45) is 1.73. The Bertz CT molecular complexity index is 598. The Morgan fingerprint density at radius 3 is 2.83 bits per heavy atom. The molecule has 1 aromatic carbocycles. The molecule has 0 saturated carbocycles. The highest BCUT2D eigenvalue weighted by atomic mass is 79.9. The maximum atomic E-state index is 13.3. The molecule has 5 heteroatoms. The second kappa shape index (κ2) is 5.82. The lowest BCUT2D eigenvalue weighted by molar-refractivity contribution is 0.621. The summed E-state index contributed by atoms with van der Waals surface area (Å²) in [5.74, 6) is -0.308. The van der Waals surface area contributed by atoms with Crippen molar-refractivity contribution in [1.82, 2.24) is 4.57 Å². The molecule has 0 aliphatic rings. The van der Waals surface area contributed by atoms with Crippen LogP contribution in [0.15, 0.2) is 51.9 Å². The highest BCUT2D eigenvalue weighted by Crippen LogP contribution is 2.18. The summed E-state index contributed by atoms with van der Waals surface area (Å²) in [5, 5.41) is 3.07. The minimum absolute atomic E-state index is 0.0405. The molecule has 94 valence electrons. The average molecular weight is 311 g/mol. The first-order chi connectivity index (χ1) is 8.66. The molecule has 0 unspecified atom stereocenters. The quantitative estimate of drug-likeness (QED) is 0.942. The number of halogens is 2. The number of nitrogens with one attached hydrogen (secondary N) is 1. The molecular weight excluding hydrogens is 299 g/mol. The Kier molecular flexibility index (Phi) is 4.15. The van der Waals surface area contributed by atoms with Gasteiger partial charge in [0.15, 0.2) is 0 Å². The van der Waals surface area contributed by atoms with Crippen LogP contribution in [0.2, 0.25) is 0 Å². The molecule has 0 amide bonds. The zero-order valence-electron chi connectivity index (χ0n) is 9.57. The monoisotopic (exact) mass is 310 g/mol. The summed E-state index contributed by atoms with van der Waals surface area (Å²) in [5.41, 5.74) is 0.654. The lowest BCUT2D eigenvalue weighted by Crippen LogP contribution is -2.21. The van der Waals surface area contributed by atoms with Gasteiger partial charge in [-0.1, -0.05) is 6.07 Å². The van der Waals surface area contributed by atoms with Gasteiger partial charge in [0.1, 0.15) is 5.82 Å². The Hall–Kier alpha value is -1.62. The first kappa shape index (κ1) is 12.8. The van der Waals surface area contributed by atoms with E-state index in [2.05, 4.69) is 21.2 Å². The van der Waals surface area contributed by atoms with Crippen molar-refractivity contribution in [3.05, 3.63) is 63.2 Å². The zero-order chi connectivity index (χ0) is 13.0. The molecule has 0 atom stereocenters. The van der Waals surface area contributed by atoms with E-state index in [0.717, 1.165) is 0 Å². The fourth-order valence-corrected chi connectivity index (χ4v) is 1.82. The fourth-order valence-electron chi connectivity index (χ4n) is 1.57. The van der Waals surface area contributed by atoms with E-state index in [1.165, 1.54) is 12.1 Å². The van der Waals surface area contributed by atoms with Crippen LogP contribution >= 0.6 is 15.9 Å². The molecule has 1 heterocycles. The van der Waals surface area contributed by atoms with Crippen molar-refractivity contribution in [2.75, 3.05) is 11.9 Å². The molecule has 1 N–H and O–H groups in total. The van der Waals surface area contributed by atoms with E-state index < -0.39 is 0 Å². The SMILES string of the molecule is O=c1ccccn1CCNc1ccc(Br)c(F)c1. The summed E-state index contributed by atoms with van der Waals surface area (Å²) in [4.78, 5) is 11.4. The number of aromatic nitrogens is 1. The largest absolute Gasteiger partial charge is 0.383 e. The number of hydrogen-bond donors (Lipinski definition) is 1. The van der Waals surface area contributed by atoms with E-state index >= 15 is 0 Å². The van der Waals surface area contributed by atoms with Crippen LogP contribution in [0.4, 0.5) is 10.1 Å². The normalized spacial score (nSPS) is 10.3. The molecule has 0 spiro atoms. The van der Waals surface area contributed by atoms with E-state index in [4.69, 9.17) is 0 Å². The summed E-state index contributed by atoms with van der Waals surface area (Å²) < 4.78 is 15.3. The van der Waals surface area contributed by atoms with Gasteiger partial charge in [0.05, 0.1) is 4.47 Å². The van der Waals surface area contributed by atoms with Crippen LogP contribution in [0, 0.1) is 5.82 Å². The zero-order valence-corrected chi connectivity index (χ0v) is 11.2. The number of nitrogens with zero attached hydrogens (tertiary/aromatic N) is 1. The topological polar surface area (TPSA) is 34.0 Å². The van der Waals surface area contributed by atoms with Gasteiger partial charge in [0.25, 0.3) is 5.56 Å². The van der Waals surface area contributed by atoms with Crippen LogP contribution in [-0.4, -0.2) is 11.1 Å². The van der Waals surface area contributed by atoms with Gasteiger partial charge < -0.3 is 9.88 Å². The summed E-state index contributed by atoms with van der Waals surface area (Å²) in [7, 11) is 0. The van der Waals surface area contributed by atoms with Crippen LogP contribution in [0.25, 0.3) is 0 Å². The van der Waals surface area contributed by atoms with Crippen LogP contribution in [-0.2, 0) is 6.54 Å². The van der Waals surface area contributed by atoms with E-state index in [0.29, 0.717) is 23.2 Å². The number of anilines is 1. The molecule has 3 nitrogen and oxygen atoms in total. The highest BCUT2D eigenvalue weighted by molar-refractivity contribution is 9.10. The summed E-state index contributed by atoms with van der Waals surface area (Å²) in [6, 6.07) is 9.86. The minimum atomic E-state index is -0.308. The predicted molar refractivity (Wildman–Crippen MR) is 73.3 cm³/mol. The molecule has 0 aliphatic heterocycles. The van der Waals surface area contributed by atoms with E-state index in [9.17, 15) is 9.18 Å². The van der Waals surface area contributed by atoms with Crippen molar-refractivity contribution >= 4 is 21.6 Å². The van der Waals surface area contributed by atoms with Crippen LogP contribution in [0.1, 0.15) is 0 Å². The van der Waals surface area contributed by atoms with Gasteiger partial charge >= 0.3 is 0 Å². The van der Waals surface area contributed by atoms with Gasteiger partial charge in [-0.3, -0.25) is 4.79 Å². The Labute approximate surface area is 112 Å². The van der Waals surface area contributed by atoms with Crippen molar-refractivity contribution in [2.45, 2.75) is 6.54 Å². The van der Waals surface area contributed by atoms with Crippen LogP contribution in [0.5, 0.6) is 0 Å². The molecular formula is C13H12BrFN2O. The molecule has 0 fully saturated rings. The standard InChI is InChI=1S/C13H12BrFN2O/c14-11-5-4-10(9-12(11)15)16-6-8-17-7-2-1-3-13(17)18/h1-5,7,9,16H,6,8H2. The van der Waals surface area contributed by atoms with Gasteiger partial charge in [0, 0.05) is 31.0 Å². The summed E-state index contributed by atoms with van der Waals surface area (Å²) >= 11 is 3.10. The number of pyridine rings is 1. The van der Waals surface area contributed by atoms with Crippen LogP contribution < -0.4 is 10.9 Å². The number of benzene rings is 1. The van der Waals surface area contributed by atoms with Gasteiger partial charge in [-0.25, -0.2) is 4.39 Å². The van der Waals surface area contributed by atoms with E-state index in [1.54, 1.807) is 35.0 Å². The second-order valence-corrected chi connectivity index (χ2v) is 4.64. The van der Waals surface area contributed by atoms with Crippen molar-refractivity contribution in [2.24, 2.45) is 0 Å². The second-order valence-electron chi connectivity index (χ2n) is 3.79. The molecule has 18 heavy (non-hydrogen) atoms. The van der Waals surface area contributed by atoms with Crippen molar-refractivity contribution in [1.29, 1.82) is 0 Å². The van der Waals surface area contributed by atoms with Crippen molar-refractivity contribution in [3.8, 4) is 0 Å². The molecule has 0 radical (unpaired) electrons. The molecule has 0 saturated heterocycles. The third-order valence-electron chi connectivity index (χ3n) is 2.50. The first-order valence-corrected chi connectivity index (χ1v) is 6.30. The lowest BCUT2D eigenvalue weighted by Gasteiger charge is -2.08. The van der Waals surface area contributed by atoms with Gasteiger partial charge in [-0.2, -0.15) is 0 Å². The number of hydrogen-bond acceptors (Lipinski definition) is 2. The van der Waals surface area contributed by atoms with Gasteiger partial charge in [0.2, 0.25) is 0 Å². The summed E-state index contributed by atoms with van der Waals surface area (Å²) in [6.45, 7) is 1.10. The maximum absolute atomic E-state index is 13.3. The molecule has 2 aromatic rings. The van der Waals surface area contributed by atoms with Gasteiger partial charge in [-0.05, 0) is 40.2 Å². The smallest absolute Gasteiger partial charge is 0.250 e. The first-order valence-electron chi connectivity index (χ1n) is 5.51. The highest BCUT2D eigenvalue weighted by Gasteiger charge is 2.00. The minimum Gasteiger partial charge on any atom is -0.383 e. The van der Waals surface area contributed by atoms with Gasteiger partial charge in [-0.15, -0.1) is 0 Å². The maximum Gasteiger partial charge on any atom is 0.250 e. The lowest BCUT2D eigenvalue weighted by atomic mass is 10.3. The van der Waals surface area contributed by atoms with Crippen molar-refractivity contribution < 1.29 is 4.39 Å². The van der Waals surface area contributed by atoms with E-state index in [-0.39, 0.29) is 11.4 Å². The Balaban J connectivity index is 1.95. The third kappa shape index (κ3) is 3.20. The number of rotatable bonds is 4.